The largest absolute Gasteiger partial charge is 0.382 e. The van der Waals surface area contributed by atoms with Crippen molar-refractivity contribution in [2.24, 2.45) is 16.7 Å². The van der Waals surface area contributed by atoms with Crippen molar-refractivity contribution in [3.05, 3.63) is 52.2 Å². The standard InChI is InChI=1S/C18H20ClN7OS/c19-14-6-11(16(21)25-22)7-15(8-14)24-17-12(9-20)5-13(10-23-17)18(27)26-1-3-28-4-2-26/h5-10,20H,1-4,22H2,(H2,21,25)(H,23,24). The summed E-state index contributed by atoms with van der Waals surface area (Å²) in [6.45, 7) is 1.44. The summed E-state index contributed by atoms with van der Waals surface area (Å²) in [6.07, 6.45) is 2.67. The van der Waals surface area contributed by atoms with E-state index in [0.29, 0.717) is 33.2 Å². The van der Waals surface area contributed by atoms with Crippen molar-refractivity contribution in [2.75, 3.05) is 29.9 Å². The second-order valence-electron chi connectivity index (χ2n) is 6.08. The summed E-state index contributed by atoms with van der Waals surface area (Å²) >= 11 is 7.97. The zero-order valence-electron chi connectivity index (χ0n) is 15.0. The van der Waals surface area contributed by atoms with Crippen LogP contribution in [0.1, 0.15) is 21.5 Å². The highest BCUT2D eigenvalue weighted by Crippen LogP contribution is 2.24. The van der Waals surface area contributed by atoms with Crippen LogP contribution in [0.5, 0.6) is 0 Å². The average molecular weight is 418 g/mol. The molecule has 0 bridgehead atoms. The summed E-state index contributed by atoms with van der Waals surface area (Å²) in [5.41, 5.74) is 7.86. The number of carbonyl (C=O) groups excluding carboxylic acids is 1. The van der Waals surface area contributed by atoms with Gasteiger partial charge in [-0.2, -0.15) is 16.9 Å². The van der Waals surface area contributed by atoms with Gasteiger partial charge < -0.3 is 27.2 Å². The number of nitrogens with two attached hydrogens (primary N) is 2. The molecule has 8 nitrogen and oxygen atoms in total. The molecule has 0 aliphatic carbocycles. The van der Waals surface area contributed by atoms with E-state index in [1.54, 1.807) is 24.3 Å². The van der Waals surface area contributed by atoms with Gasteiger partial charge in [-0.15, -0.1) is 0 Å². The molecule has 1 amide bonds. The van der Waals surface area contributed by atoms with Gasteiger partial charge in [0.2, 0.25) is 0 Å². The number of hydrogen-bond acceptors (Lipinski definition) is 7. The minimum absolute atomic E-state index is 0.0700. The van der Waals surface area contributed by atoms with Crippen LogP contribution >= 0.6 is 23.4 Å². The topological polar surface area (TPSA) is 133 Å². The Morgan fingerprint density at radius 1 is 1.29 bits per heavy atom. The second kappa shape index (κ2) is 8.94. The van der Waals surface area contributed by atoms with Gasteiger partial charge in [-0.25, -0.2) is 4.98 Å². The van der Waals surface area contributed by atoms with Crippen LogP contribution < -0.4 is 16.9 Å². The molecule has 0 unspecified atom stereocenters. The van der Waals surface area contributed by atoms with Gasteiger partial charge in [-0.1, -0.05) is 11.6 Å². The van der Waals surface area contributed by atoms with E-state index in [2.05, 4.69) is 15.4 Å². The Labute approximate surface area is 171 Å². The number of aromatic nitrogens is 1. The molecule has 0 saturated carbocycles. The highest BCUT2D eigenvalue weighted by Gasteiger charge is 2.19. The maximum atomic E-state index is 12.7. The second-order valence-corrected chi connectivity index (χ2v) is 7.74. The third-order valence-corrected chi connectivity index (χ3v) is 5.37. The fourth-order valence-corrected chi connectivity index (χ4v) is 3.92. The molecule has 1 aliphatic heterocycles. The minimum atomic E-state index is -0.0700. The molecule has 10 heteroatoms. The van der Waals surface area contributed by atoms with Gasteiger partial charge in [0.1, 0.15) is 11.7 Å². The Hall–Kier alpha value is -2.78. The fraction of sp³-hybridized carbons (Fsp3) is 0.222. The zero-order chi connectivity index (χ0) is 20.1. The SMILES string of the molecule is N=Cc1cc(C(=O)N2CCSCC2)cnc1Nc1cc(Cl)cc(/C(N)=N/N)c1. The average Bonchev–Trinajstić information content (AvgIpc) is 2.73. The lowest BCUT2D eigenvalue weighted by Gasteiger charge is -2.26. The van der Waals surface area contributed by atoms with E-state index in [1.165, 1.54) is 6.20 Å². The molecule has 1 saturated heterocycles. The highest BCUT2D eigenvalue weighted by atomic mass is 35.5. The van der Waals surface area contributed by atoms with E-state index in [9.17, 15) is 4.79 Å². The Balaban J connectivity index is 1.86. The van der Waals surface area contributed by atoms with E-state index in [0.717, 1.165) is 30.8 Å². The molecule has 1 aliphatic rings. The summed E-state index contributed by atoms with van der Waals surface area (Å²) in [6, 6.07) is 6.71. The monoisotopic (exact) mass is 417 g/mol. The van der Waals surface area contributed by atoms with Gasteiger partial charge in [-0.05, 0) is 24.3 Å². The number of hydrazone groups is 1. The van der Waals surface area contributed by atoms with Crippen LogP contribution in [0, 0.1) is 5.41 Å². The summed E-state index contributed by atoms with van der Waals surface area (Å²) in [5.74, 6) is 7.60. The Morgan fingerprint density at radius 2 is 2.04 bits per heavy atom. The van der Waals surface area contributed by atoms with Gasteiger partial charge in [0.05, 0.1) is 5.56 Å². The number of nitrogens with zero attached hydrogens (tertiary/aromatic N) is 3. The van der Waals surface area contributed by atoms with E-state index in [4.69, 9.17) is 28.6 Å². The number of pyridine rings is 1. The third kappa shape index (κ3) is 4.55. The molecule has 0 spiro atoms. The van der Waals surface area contributed by atoms with Gasteiger partial charge in [0.15, 0.2) is 0 Å². The molecular formula is C18H20ClN7OS. The molecule has 0 atom stereocenters. The maximum absolute atomic E-state index is 12.7. The number of anilines is 2. The van der Waals surface area contributed by atoms with Crippen molar-refractivity contribution in [3.63, 3.8) is 0 Å². The van der Waals surface area contributed by atoms with E-state index < -0.39 is 0 Å². The van der Waals surface area contributed by atoms with Crippen LogP contribution in [0.4, 0.5) is 11.5 Å². The first-order chi connectivity index (χ1) is 13.5. The number of carbonyl (C=O) groups is 1. The van der Waals surface area contributed by atoms with Crippen molar-refractivity contribution < 1.29 is 4.79 Å². The van der Waals surface area contributed by atoms with Crippen molar-refractivity contribution in [2.45, 2.75) is 0 Å². The first kappa shape index (κ1) is 20.0. The Bertz CT molecular complexity index is 928. The van der Waals surface area contributed by atoms with E-state index >= 15 is 0 Å². The van der Waals surface area contributed by atoms with Crippen molar-refractivity contribution in [3.8, 4) is 0 Å². The smallest absolute Gasteiger partial charge is 0.255 e. The maximum Gasteiger partial charge on any atom is 0.255 e. The fourth-order valence-electron chi connectivity index (χ4n) is 2.78. The predicted molar refractivity (Wildman–Crippen MR) is 115 cm³/mol. The molecule has 2 aromatic rings. The third-order valence-electron chi connectivity index (χ3n) is 4.21. The number of thioether (sulfide) groups is 1. The van der Waals surface area contributed by atoms with Crippen LogP contribution in [0.3, 0.4) is 0 Å². The van der Waals surface area contributed by atoms with Crippen LogP contribution in [0.2, 0.25) is 5.02 Å². The lowest BCUT2D eigenvalue weighted by molar-refractivity contribution is 0.0772. The number of nitrogens with one attached hydrogen (secondary N) is 2. The number of benzene rings is 1. The first-order valence-electron chi connectivity index (χ1n) is 8.50. The van der Waals surface area contributed by atoms with Gasteiger partial charge in [-0.3, -0.25) is 4.79 Å². The number of amides is 1. The molecule has 1 aromatic heterocycles. The van der Waals surface area contributed by atoms with Crippen LogP contribution in [0.15, 0.2) is 35.6 Å². The highest BCUT2D eigenvalue weighted by molar-refractivity contribution is 7.99. The summed E-state index contributed by atoms with van der Waals surface area (Å²) in [7, 11) is 0. The minimum Gasteiger partial charge on any atom is -0.382 e. The van der Waals surface area contributed by atoms with E-state index in [-0.39, 0.29) is 11.7 Å². The molecule has 3 rings (SSSR count). The first-order valence-corrected chi connectivity index (χ1v) is 10.0. The molecule has 1 fully saturated rings. The van der Waals surface area contributed by atoms with Gasteiger partial charge >= 0.3 is 0 Å². The Morgan fingerprint density at radius 3 is 2.71 bits per heavy atom. The molecule has 146 valence electrons. The molecule has 28 heavy (non-hydrogen) atoms. The van der Waals surface area contributed by atoms with Crippen LogP contribution in [-0.2, 0) is 0 Å². The Kier molecular flexibility index (Phi) is 6.37. The van der Waals surface area contributed by atoms with Gasteiger partial charge in [0, 0.05) is 58.8 Å². The number of hydrogen-bond donors (Lipinski definition) is 4. The zero-order valence-corrected chi connectivity index (χ0v) is 16.6. The summed E-state index contributed by atoms with van der Waals surface area (Å²) in [5, 5.41) is 14.7. The van der Waals surface area contributed by atoms with Crippen molar-refractivity contribution in [1.82, 2.24) is 9.88 Å². The number of amidine groups is 1. The molecule has 0 radical (unpaired) electrons. The van der Waals surface area contributed by atoms with Crippen LogP contribution in [-0.4, -0.2) is 52.4 Å². The lowest BCUT2D eigenvalue weighted by Crippen LogP contribution is -2.38. The molecule has 1 aromatic carbocycles. The number of rotatable bonds is 5. The van der Waals surface area contributed by atoms with Crippen molar-refractivity contribution in [1.29, 1.82) is 5.41 Å². The van der Waals surface area contributed by atoms with Crippen LogP contribution in [0.25, 0.3) is 0 Å². The summed E-state index contributed by atoms with van der Waals surface area (Å²) < 4.78 is 0. The molecular weight excluding hydrogens is 398 g/mol. The van der Waals surface area contributed by atoms with E-state index in [1.807, 2.05) is 16.7 Å². The predicted octanol–water partition coefficient (Wildman–Crippen LogP) is 2.24. The molecule has 6 N–H and O–H groups in total. The lowest BCUT2D eigenvalue weighted by atomic mass is 10.1. The summed E-state index contributed by atoms with van der Waals surface area (Å²) in [4.78, 5) is 18.8. The molecule has 2 heterocycles. The normalized spacial score (nSPS) is 14.6. The van der Waals surface area contributed by atoms with Gasteiger partial charge in [0.25, 0.3) is 5.91 Å². The van der Waals surface area contributed by atoms with Crippen molar-refractivity contribution >= 4 is 52.8 Å². The number of halogens is 1. The quantitative estimate of drug-likeness (QED) is 0.255.